The van der Waals surface area contributed by atoms with Crippen molar-refractivity contribution in [3.63, 3.8) is 0 Å². The van der Waals surface area contributed by atoms with Crippen LogP contribution >= 0.6 is 11.6 Å². The second-order valence-corrected chi connectivity index (χ2v) is 6.78. The number of anilines is 1. The van der Waals surface area contributed by atoms with E-state index in [1.807, 2.05) is 0 Å². The number of carbonyl (C=O) groups is 2. The molecule has 1 aliphatic heterocycles. The fourth-order valence-corrected chi connectivity index (χ4v) is 3.29. The van der Waals surface area contributed by atoms with Crippen LogP contribution in [0.15, 0.2) is 54.7 Å². The topological polar surface area (TPSA) is 62.3 Å². The van der Waals surface area contributed by atoms with Gasteiger partial charge < -0.3 is 10.2 Å². The molecule has 1 atom stereocenters. The van der Waals surface area contributed by atoms with Gasteiger partial charge >= 0.3 is 0 Å². The fourth-order valence-electron chi connectivity index (χ4n) is 3.16. The number of fused-ring (bicyclic) bond motifs is 1. The number of nitrogens with zero attached hydrogens (tertiary/aromatic N) is 2. The highest BCUT2D eigenvalue weighted by Crippen LogP contribution is 2.24. The highest BCUT2D eigenvalue weighted by atomic mass is 35.5. The van der Waals surface area contributed by atoms with Gasteiger partial charge in [0.05, 0.1) is 11.1 Å². The first-order valence-electron chi connectivity index (χ1n) is 8.44. The monoisotopic (exact) mass is 383 g/mol. The molecule has 5 nitrogen and oxygen atoms in total. The van der Waals surface area contributed by atoms with Gasteiger partial charge in [-0.1, -0.05) is 11.6 Å². The lowest BCUT2D eigenvalue weighted by atomic mass is 10.1. The Balaban J connectivity index is 1.50. The first kappa shape index (κ1) is 17.4. The summed E-state index contributed by atoms with van der Waals surface area (Å²) in [5.41, 5.74) is 1.62. The number of amides is 2. The molecule has 2 aromatic carbocycles. The molecule has 1 N–H and O–H groups in total. The zero-order valence-corrected chi connectivity index (χ0v) is 14.9. The van der Waals surface area contributed by atoms with Gasteiger partial charge in [0, 0.05) is 28.8 Å². The molecule has 0 spiro atoms. The maximum Gasteiger partial charge on any atom is 0.253 e. The number of hydrogen-bond donors (Lipinski definition) is 1. The third-order valence-corrected chi connectivity index (χ3v) is 4.81. The van der Waals surface area contributed by atoms with Crippen LogP contribution < -0.4 is 10.2 Å². The molecule has 3 aromatic rings. The predicted octanol–water partition coefficient (Wildman–Crippen LogP) is 3.56. The van der Waals surface area contributed by atoms with E-state index in [0.29, 0.717) is 28.9 Å². The molecule has 1 aromatic heterocycles. The molecular formula is C20H15ClFN3O2. The Morgan fingerprint density at radius 1 is 1.19 bits per heavy atom. The Hall–Kier alpha value is -2.99. The van der Waals surface area contributed by atoms with Crippen LogP contribution in [0.25, 0.3) is 10.9 Å². The maximum absolute atomic E-state index is 13.4. The Labute approximate surface area is 159 Å². The SMILES string of the molecule is O=C(NC1CCN(c2ccc(Cl)cc2)C1=O)c1cnc2ccc(F)cc2c1. The van der Waals surface area contributed by atoms with E-state index in [1.54, 1.807) is 41.3 Å². The largest absolute Gasteiger partial charge is 0.340 e. The van der Waals surface area contributed by atoms with Crippen molar-refractivity contribution in [2.45, 2.75) is 12.5 Å². The summed E-state index contributed by atoms with van der Waals surface area (Å²) in [7, 11) is 0. The Bertz CT molecular complexity index is 1040. The molecule has 0 bridgehead atoms. The minimum absolute atomic E-state index is 0.175. The summed E-state index contributed by atoms with van der Waals surface area (Å²) in [6.07, 6.45) is 1.93. The van der Waals surface area contributed by atoms with Gasteiger partial charge in [0.15, 0.2) is 0 Å². The predicted molar refractivity (Wildman–Crippen MR) is 101 cm³/mol. The quantitative estimate of drug-likeness (QED) is 0.752. The number of benzene rings is 2. The average Bonchev–Trinajstić information content (AvgIpc) is 3.02. The molecule has 2 heterocycles. The van der Waals surface area contributed by atoms with E-state index in [0.717, 1.165) is 5.69 Å². The van der Waals surface area contributed by atoms with Crippen molar-refractivity contribution in [2.75, 3.05) is 11.4 Å². The molecule has 4 rings (SSSR count). The summed E-state index contributed by atoms with van der Waals surface area (Å²) >= 11 is 5.88. The van der Waals surface area contributed by atoms with Crippen molar-refractivity contribution >= 4 is 40.0 Å². The lowest BCUT2D eigenvalue weighted by Gasteiger charge is -2.17. The molecular weight excluding hydrogens is 369 g/mol. The van der Waals surface area contributed by atoms with Crippen molar-refractivity contribution in [3.05, 3.63) is 71.1 Å². The number of carbonyl (C=O) groups excluding carboxylic acids is 2. The molecule has 27 heavy (non-hydrogen) atoms. The van der Waals surface area contributed by atoms with Gasteiger partial charge in [0.1, 0.15) is 11.9 Å². The third-order valence-electron chi connectivity index (χ3n) is 4.55. The summed E-state index contributed by atoms with van der Waals surface area (Å²) in [6.45, 7) is 0.507. The van der Waals surface area contributed by atoms with Crippen molar-refractivity contribution in [1.29, 1.82) is 0 Å². The van der Waals surface area contributed by atoms with Crippen LogP contribution in [0.3, 0.4) is 0 Å². The highest BCUT2D eigenvalue weighted by molar-refractivity contribution is 6.30. The number of aromatic nitrogens is 1. The van der Waals surface area contributed by atoms with Crippen LogP contribution in [0, 0.1) is 5.82 Å². The normalized spacial score (nSPS) is 16.7. The van der Waals surface area contributed by atoms with Crippen molar-refractivity contribution < 1.29 is 14.0 Å². The fraction of sp³-hybridized carbons (Fsp3) is 0.150. The average molecular weight is 384 g/mol. The number of nitrogens with one attached hydrogen (secondary N) is 1. The van der Waals surface area contributed by atoms with Gasteiger partial charge in [-0.3, -0.25) is 14.6 Å². The standard InChI is InChI=1S/C20H15ClFN3O2/c21-14-1-4-16(5-2-14)25-8-7-18(20(25)27)24-19(26)13-9-12-10-15(22)3-6-17(12)23-11-13/h1-6,9-11,18H,7-8H2,(H,24,26). The molecule has 1 fully saturated rings. The third kappa shape index (κ3) is 3.48. The van der Waals surface area contributed by atoms with E-state index >= 15 is 0 Å². The van der Waals surface area contributed by atoms with Crippen molar-refractivity contribution in [1.82, 2.24) is 10.3 Å². The molecule has 1 aliphatic rings. The number of halogens is 2. The Morgan fingerprint density at radius 2 is 1.96 bits per heavy atom. The second kappa shape index (κ2) is 6.96. The molecule has 0 aliphatic carbocycles. The minimum Gasteiger partial charge on any atom is -0.340 e. The van der Waals surface area contributed by atoms with E-state index in [9.17, 15) is 14.0 Å². The van der Waals surface area contributed by atoms with Crippen LogP contribution in [0.2, 0.25) is 5.02 Å². The summed E-state index contributed by atoms with van der Waals surface area (Å²) in [4.78, 5) is 31.0. The van der Waals surface area contributed by atoms with E-state index in [4.69, 9.17) is 11.6 Å². The number of hydrogen-bond acceptors (Lipinski definition) is 3. The first-order chi connectivity index (χ1) is 13.0. The van der Waals surface area contributed by atoms with Crippen LogP contribution in [-0.4, -0.2) is 29.4 Å². The highest BCUT2D eigenvalue weighted by Gasteiger charge is 2.33. The first-order valence-corrected chi connectivity index (χ1v) is 8.82. The molecule has 0 radical (unpaired) electrons. The molecule has 2 amide bonds. The van der Waals surface area contributed by atoms with E-state index in [1.165, 1.54) is 18.3 Å². The zero-order valence-electron chi connectivity index (χ0n) is 14.2. The van der Waals surface area contributed by atoms with E-state index in [-0.39, 0.29) is 11.5 Å². The summed E-state index contributed by atoms with van der Waals surface area (Å²) in [5, 5.41) is 3.87. The number of pyridine rings is 1. The van der Waals surface area contributed by atoms with Crippen molar-refractivity contribution in [2.24, 2.45) is 0 Å². The summed E-state index contributed by atoms with van der Waals surface area (Å²) < 4.78 is 13.4. The van der Waals surface area contributed by atoms with Gasteiger partial charge in [0.2, 0.25) is 5.91 Å². The van der Waals surface area contributed by atoms with Crippen LogP contribution in [0.5, 0.6) is 0 Å². The van der Waals surface area contributed by atoms with E-state index in [2.05, 4.69) is 10.3 Å². The smallest absolute Gasteiger partial charge is 0.253 e. The molecule has 1 unspecified atom stereocenters. The van der Waals surface area contributed by atoms with Gasteiger partial charge in [-0.05, 0) is 55.0 Å². The summed E-state index contributed by atoms with van der Waals surface area (Å²) in [6, 6.07) is 12.1. The Kier molecular flexibility index (Phi) is 4.49. The Morgan fingerprint density at radius 3 is 2.74 bits per heavy atom. The lowest BCUT2D eigenvalue weighted by molar-refractivity contribution is -0.118. The maximum atomic E-state index is 13.4. The second-order valence-electron chi connectivity index (χ2n) is 6.34. The van der Waals surface area contributed by atoms with E-state index < -0.39 is 17.8 Å². The van der Waals surface area contributed by atoms with Gasteiger partial charge in [-0.15, -0.1) is 0 Å². The van der Waals surface area contributed by atoms with Crippen LogP contribution in [0.4, 0.5) is 10.1 Å². The molecule has 7 heteroatoms. The minimum atomic E-state index is -0.614. The molecule has 136 valence electrons. The molecule has 1 saturated heterocycles. The van der Waals surface area contributed by atoms with Crippen molar-refractivity contribution in [3.8, 4) is 0 Å². The lowest BCUT2D eigenvalue weighted by Crippen LogP contribution is -2.41. The zero-order chi connectivity index (χ0) is 19.0. The number of rotatable bonds is 3. The van der Waals surface area contributed by atoms with Gasteiger partial charge in [0.25, 0.3) is 5.91 Å². The molecule has 0 saturated carbocycles. The van der Waals surface area contributed by atoms with Crippen LogP contribution in [-0.2, 0) is 4.79 Å². The van der Waals surface area contributed by atoms with Gasteiger partial charge in [-0.25, -0.2) is 4.39 Å². The van der Waals surface area contributed by atoms with Crippen LogP contribution in [0.1, 0.15) is 16.8 Å². The summed E-state index contributed by atoms with van der Waals surface area (Å²) in [5.74, 6) is -0.984. The van der Waals surface area contributed by atoms with Gasteiger partial charge in [-0.2, -0.15) is 0 Å².